The molecule has 1 aliphatic heterocycles. The molecule has 25 heavy (non-hydrogen) atoms. The van der Waals surface area contributed by atoms with Crippen molar-refractivity contribution in [1.82, 2.24) is 0 Å². The van der Waals surface area contributed by atoms with Gasteiger partial charge in [0, 0.05) is 18.9 Å². The molecule has 0 atom stereocenters. The first-order valence-corrected chi connectivity index (χ1v) is 8.66. The lowest BCUT2D eigenvalue weighted by molar-refractivity contribution is -0.125. The van der Waals surface area contributed by atoms with Crippen LogP contribution in [0, 0.1) is 13.8 Å². The third-order valence-electron chi connectivity index (χ3n) is 5.07. The number of carbonyl (C=O) groups excluding carboxylic acids is 1. The molecule has 132 valence electrons. The van der Waals surface area contributed by atoms with Crippen molar-refractivity contribution >= 4 is 11.6 Å². The van der Waals surface area contributed by atoms with Gasteiger partial charge in [0.2, 0.25) is 5.91 Å². The summed E-state index contributed by atoms with van der Waals surface area (Å²) >= 11 is 0. The van der Waals surface area contributed by atoms with Gasteiger partial charge in [-0.2, -0.15) is 0 Å². The van der Waals surface area contributed by atoms with Crippen LogP contribution in [0.4, 0.5) is 5.69 Å². The Kier molecular flexibility index (Phi) is 5.09. The Hall–Kier alpha value is -2.33. The van der Waals surface area contributed by atoms with Gasteiger partial charge in [0.1, 0.15) is 5.75 Å². The van der Waals surface area contributed by atoms with Gasteiger partial charge in [-0.15, -0.1) is 0 Å². The molecule has 1 saturated heterocycles. The van der Waals surface area contributed by atoms with Crippen LogP contribution in [-0.2, 0) is 14.9 Å². The molecule has 0 spiro atoms. The van der Waals surface area contributed by atoms with Crippen molar-refractivity contribution in [2.24, 2.45) is 0 Å². The molecule has 0 radical (unpaired) electrons. The van der Waals surface area contributed by atoms with Crippen LogP contribution in [-0.4, -0.2) is 26.2 Å². The summed E-state index contributed by atoms with van der Waals surface area (Å²) in [6.45, 7) is 5.23. The lowest BCUT2D eigenvalue weighted by Gasteiger charge is -2.36. The Balaban J connectivity index is 1.91. The molecule has 1 aliphatic rings. The molecule has 0 aliphatic carbocycles. The van der Waals surface area contributed by atoms with Crippen molar-refractivity contribution in [2.45, 2.75) is 32.1 Å². The van der Waals surface area contributed by atoms with Gasteiger partial charge in [0.05, 0.1) is 12.5 Å². The lowest BCUT2D eigenvalue weighted by Crippen LogP contribution is -2.45. The summed E-state index contributed by atoms with van der Waals surface area (Å²) in [5, 5.41) is 3.14. The highest BCUT2D eigenvalue weighted by Crippen LogP contribution is 2.37. The van der Waals surface area contributed by atoms with Crippen LogP contribution in [0.25, 0.3) is 0 Å². The van der Waals surface area contributed by atoms with Crippen LogP contribution >= 0.6 is 0 Å². The van der Waals surface area contributed by atoms with E-state index < -0.39 is 5.41 Å². The van der Waals surface area contributed by atoms with E-state index in [0.29, 0.717) is 26.1 Å². The standard InChI is InChI=1S/C21H25NO3/c1-15-4-6-17(7-5-15)21(10-12-25-13-11-21)20(23)22-19-9-8-18(24-3)14-16(19)2/h4-9,14H,10-13H2,1-3H3,(H,22,23). The third kappa shape index (κ3) is 3.54. The van der Waals surface area contributed by atoms with Gasteiger partial charge in [-0.05, 0) is 56.0 Å². The Bertz CT molecular complexity index is 746. The smallest absolute Gasteiger partial charge is 0.235 e. The van der Waals surface area contributed by atoms with Gasteiger partial charge in [-0.25, -0.2) is 0 Å². The Morgan fingerprint density at radius 3 is 2.36 bits per heavy atom. The highest BCUT2D eigenvalue weighted by molar-refractivity contribution is 5.99. The molecule has 1 heterocycles. The third-order valence-corrected chi connectivity index (χ3v) is 5.07. The molecule has 3 rings (SSSR count). The van der Waals surface area contributed by atoms with Gasteiger partial charge < -0.3 is 14.8 Å². The number of aryl methyl sites for hydroxylation is 2. The number of ether oxygens (including phenoxy) is 2. The largest absolute Gasteiger partial charge is 0.497 e. The number of amides is 1. The van der Waals surface area contributed by atoms with Crippen LogP contribution in [0.2, 0.25) is 0 Å². The Labute approximate surface area is 149 Å². The maximum absolute atomic E-state index is 13.3. The van der Waals surface area contributed by atoms with Crippen LogP contribution in [0.5, 0.6) is 5.75 Å². The molecule has 4 nitrogen and oxygen atoms in total. The van der Waals surface area contributed by atoms with Crippen molar-refractivity contribution in [3.8, 4) is 5.75 Å². The predicted molar refractivity (Wildman–Crippen MR) is 99.3 cm³/mol. The average molecular weight is 339 g/mol. The molecule has 2 aromatic rings. The SMILES string of the molecule is COc1ccc(NC(=O)C2(c3ccc(C)cc3)CCOCC2)c(C)c1. The fourth-order valence-corrected chi connectivity index (χ4v) is 3.38. The number of anilines is 1. The van der Waals surface area contributed by atoms with E-state index in [1.165, 1.54) is 5.56 Å². The van der Waals surface area contributed by atoms with E-state index in [0.717, 1.165) is 22.6 Å². The van der Waals surface area contributed by atoms with Crippen LogP contribution in [0.15, 0.2) is 42.5 Å². The summed E-state index contributed by atoms with van der Waals surface area (Å²) in [4.78, 5) is 13.3. The highest BCUT2D eigenvalue weighted by Gasteiger charge is 2.41. The van der Waals surface area contributed by atoms with E-state index in [1.807, 2.05) is 25.1 Å². The van der Waals surface area contributed by atoms with Crippen molar-refractivity contribution in [3.63, 3.8) is 0 Å². The fraction of sp³-hybridized carbons (Fsp3) is 0.381. The second kappa shape index (κ2) is 7.28. The second-order valence-corrected chi connectivity index (χ2v) is 6.70. The number of benzene rings is 2. The zero-order valence-electron chi connectivity index (χ0n) is 15.1. The van der Waals surface area contributed by atoms with Crippen LogP contribution in [0.3, 0.4) is 0 Å². The molecule has 1 N–H and O–H groups in total. The quantitative estimate of drug-likeness (QED) is 0.916. The van der Waals surface area contributed by atoms with E-state index >= 15 is 0 Å². The second-order valence-electron chi connectivity index (χ2n) is 6.70. The predicted octanol–water partition coefficient (Wildman–Crippen LogP) is 4.00. The molecular formula is C21H25NO3. The first kappa shape index (κ1) is 17.5. The minimum atomic E-state index is -0.543. The summed E-state index contributed by atoms with van der Waals surface area (Å²) in [6, 6.07) is 14.0. The zero-order valence-corrected chi connectivity index (χ0v) is 15.1. The lowest BCUT2D eigenvalue weighted by atomic mass is 9.73. The molecule has 4 heteroatoms. The number of rotatable bonds is 4. The van der Waals surface area contributed by atoms with Crippen LogP contribution in [0.1, 0.15) is 29.5 Å². The molecule has 0 saturated carbocycles. The molecule has 1 fully saturated rings. The summed E-state index contributed by atoms with van der Waals surface area (Å²) in [6.07, 6.45) is 1.38. The van der Waals surface area contributed by atoms with E-state index in [2.05, 4.69) is 36.5 Å². The van der Waals surface area contributed by atoms with Gasteiger partial charge in [-0.1, -0.05) is 29.8 Å². The molecular weight excluding hydrogens is 314 g/mol. The van der Waals surface area contributed by atoms with Gasteiger partial charge in [0.15, 0.2) is 0 Å². The summed E-state index contributed by atoms with van der Waals surface area (Å²) in [5.74, 6) is 0.822. The molecule has 0 bridgehead atoms. The zero-order chi connectivity index (χ0) is 17.9. The van der Waals surface area contributed by atoms with E-state index in [9.17, 15) is 4.79 Å². The summed E-state index contributed by atoms with van der Waals surface area (Å²) < 4.78 is 10.8. The number of hydrogen-bond donors (Lipinski definition) is 1. The number of hydrogen-bond acceptors (Lipinski definition) is 3. The first-order valence-electron chi connectivity index (χ1n) is 8.66. The minimum Gasteiger partial charge on any atom is -0.497 e. The summed E-state index contributed by atoms with van der Waals surface area (Å²) in [7, 11) is 1.64. The molecule has 0 unspecified atom stereocenters. The minimum absolute atomic E-state index is 0.0351. The van der Waals surface area contributed by atoms with Gasteiger partial charge in [0.25, 0.3) is 0 Å². The average Bonchev–Trinajstić information content (AvgIpc) is 2.64. The van der Waals surface area contributed by atoms with E-state index in [4.69, 9.17) is 9.47 Å². The summed E-state index contributed by atoms with van der Waals surface area (Å²) in [5.41, 5.74) is 3.52. The van der Waals surface area contributed by atoms with Gasteiger partial charge in [-0.3, -0.25) is 4.79 Å². The maximum Gasteiger partial charge on any atom is 0.235 e. The number of nitrogens with one attached hydrogen (secondary N) is 1. The Morgan fingerprint density at radius 1 is 1.08 bits per heavy atom. The maximum atomic E-state index is 13.3. The normalized spacial score (nSPS) is 16.3. The number of carbonyl (C=O) groups is 1. The first-order chi connectivity index (χ1) is 12.0. The van der Waals surface area contributed by atoms with Gasteiger partial charge >= 0.3 is 0 Å². The molecule has 0 aromatic heterocycles. The fourth-order valence-electron chi connectivity index (χ4n) is 3.38. The van der Waals surface area contributed by atoms with E-state index in [1.54, 1.807) is 7.11 Å². The monoisotopic (exact) mass is 339 g/mol. The van der Waals surface area contributed by atoms with Crippen molar-refractivity contribution < 1.29 is 14.3 Å². The Morgan fingerprint density at radius 2 is 1.76 bits per heavy atom. The van der Waals surface area contributed by atoms with Crippen molar-refractivity contribution in [2.75, 3.05) is 25.6 Å². The molecule has 2 aromatic carbocycles. The topological polar surface area (TPSA) is 47.6 Å². The van der Waals surface area contributed by atoms with Crippen molar-refractivity contribution in [3.05, 3.63) is 59.2 Å². The molecule has 1 amide bonds. The van der Waals surface area contributed by atoms with E-state index in [-0.39, 0.29) is 5.91 Å². The van der Waals surface area contributed by atoms with Crippen molar-refractivity contribution in [1.29, 1.82) is 0 Å². The highest BCUT2D eigenvalue weighted by atomic mass is 16.5. The number of methoxy groups -OCH3 is 1. The van der Waals surface area contributed by atoms with Crippen LogP contribution < -0.4 is 10.1 Å².